The van der Waals surface area contributed by atoms with Crippen molar-refractivity contribution in [3.05, 3.63) is 79.6 Å². The number of halogens is 1. The quantitative estimate of drug-likeness (QED) is 0.448. The number of fused-ring (bicyclic) bond motifs is 2. The lowest BCUT2D eigenvalue weighted by Crippen LogP contribution is -2.29. The molecule has 0 saturated heterocycles. The maximum Gasteiger partial charge on any atom is 0.297 e. The molecule has 0 bridgehead atoms. The molecule has 1 atom stereocenters. The summed E-state index contributed by atoms with van der Waals surface area (Å²) < 4.78 is 11.2. The zero-order chi connectivity index (χ0) is 21.7. The predicted molar refractivity (Wildman–Crippen MR) is 118 cm³/mol. The smallest absolute Gasteiger partial charge is 0.297 e. The van der Waals surface area contributed by atoms with Crippen molar-refractivity contribution in [1.29, 1.82) is 0 Å². The van der Waals surface area contributed by atoms with Crippen molar-refractivity contribution >= 4 is 44.9 Å². The molecule has 0 aliphatic carbocycles. The highest BCUT2D eigenvalue weighted by Gasteiger charge is 2.45. The number of methoxy groups -OCH3 is 1. The Morgan fingerprint density at radius 3 is 2.61 bits per heavy atom. The number of nitrogens with zero attached hydrogens (tertiary/aromatic N) is 3. The fourth-order valence-electron chi connectivity index (χ4n) is 3.73. The third-order valence-corrected chi connectivity index (χ3v) is 6.53. The molecule has 7 nitrogen and oxygen atoms in total. The van der Waals surface area contributed by atoms with Crippen LogP contribution in [0, 0.1) is 0 Å². The van der Waals surface area contributed by atoms with Gasteiger partial charge >= 0.3 is 0 Å². The van der Waals surface area contributed by atoms with Crippen molar-refractivity contribution in [3.8, 4) is 5.75 Å². The molecule has 156 valence electrons. The number of hydrogen-bond acceptors (Lipinski definition) is 7. The van der Waals surface area contributed by atoms with Crippen molar-refractivity contribution in [2.45, 2.75) is 19.4 Å². The van der Waals surface area contributed by atoms with E-state index in [9.17, 15) is 9.59 Å². The van der Waals surface area contributed by atoms with Crippen LogP contribution >= 0.6 is 22.9 Å². The second-order valence-electron chi connectivity index (χ2n) is 7.00. The van der Waals surface area contributed by atoms with Crippen molar-refractivity contribution in [3.63, 3.8) is 0 Å². The van der Waals surface area contributed by atoms with E-state index in [1.807, 2.05) is 19.1 Å². The number of anilines is 1. The number of ether oxygens (including phenoxy) is 1. The van der Waals surface area contributed by atoms with E-state index in [2.05, 4.69) is 10.2 Å². The summed E-state index contributed by atoms with van der Waals surface area (Å²) in [5.41, 5.74) is 1.01. The van der Waals surface area contributed by atoms with Crippen LogP contribution in [-0.2, 0) is 6.42 Å². The Hall–Kier alpha value is -3.23. The zero-order valence-corrected chi connectivity index (χ0v) is 18.2. The Morgan fingerprint density at radius 2 is 1.94 bits per heavy atom. The van der Waals surface area contributed by atoms with Crippen molar-refractivity contribution < 1.29 is 13.9 Å². The lowest BCUT2D eigenvalue weighted by molar-refractivity contribution is 0.0970. The molecule has 0 fully saturated rings. The first-order valence-electron chi connectivity index (χ1n) is 9.58. The van der Waals surface area contributed by atoms with Gasteiger partial charge in [0.25, 0.3) is 5.91 Å². The largest absolute Gasteiger partial charge is 0.497 e. The van der Waals surface area contributed by atoms with Gasteiger partial charge in [-0.1, -0.05) is 42.0 Å². The first kappa shape index (κ1) is 19.7. The number of hydrogen-bond donors (Lipinski definition) is 0. The SMILES string of the molecule is CCc1nnc(N2C(=O)c3oc4ccc(Cl)cc4c(=O)c3[C@@H]2c2ccc(OC)cc2)s1. The van der Waals surface area contributed by atoms with Gasteiger partial charge in [0.15, 0.2) is 5.43 Å². The number of amides is 1. The van der Waals surface area contributed by atoms with E-state index >= 15 is 0 Å². The fraction of sp³-hybridized carbons (Fsp3) is 0.182. The molecule has 0 unspecified atom stereocenters. The Bertz CT molecular complexity index is 1380. The summed E-state index contributed by atoms with van der Waals surface area (Å²) in [5, 5.41) is 10.3. The van der Waals surface area contributed by atoms with Crippen LogP contribution in [0.15, 0.2) is 51.7 Å². The highest BCUT2D eigenvalue weighted by molar-refractivity contribution is 7.15. The number of carbonyl (C=O) groups is 1. The predicted octanol–water partition coefficient (Wildman–Crippen LogP) is 4.62. The normalized spacial score (nSPS) is 15.5. The van der Waals surface area contributed by atoms with Gasteiger partial charge in [0.1, 0.15) is 16.3 Å². The van der Waals surface area contributed by atoms with Gasteiger partial charge in [-0.15, -0.1) is 10.2 Å². The molecule has 0 saturated carbocycles. The number of benzene rings is 2. The van der Waals surface area contributed by atoms with Crippen LogP contribution in [0.4, 0.5) is 5.13 Å². The first-order valence-corrected chi connectivity index (χ1v) is 10.8. The van der Waals surface area contributed by atoms with E-state index in [1.165, 1.54) is 16.2 Å². The minimum atomic E-state index is -0.703. The van der Waals surface area contributed by atoms with Crippen LogP contribution < -0.4 is 15.1 Å². The summed E-state index contributed by atoms with van der Waals surface area (Å²) in [6.07, 6.45) is 0.694. The Kier molecular flexibility index (Phi) is 4.75. The monoisotopic (exact) mass is 453 g/mol. The highest BCUT2D eigenvalue weighted by Crippen LogP contribution is 2.42. The summed E-state index contributed by atoms with van der Waals surface area (Å²) in [7, 11) is 1.58. The minimum Gasteiger partial charge on any atom is -0.497 e. The van der Waals surface area contributed by atoms with Gasteiger partial charge < -0.3 is 9.15 Å². The van der Waals surface area contributed by atoms with Gasteiger partial charge in [0.2, 0.25) is 10.9 Å². The molecule has 5 rings (SSSR count). The van der Waals surface area contributed by atoms with Crippen molar-refractivity contribution in [2.24, 2.45) is 0 Å². The molecule has 1 aliphatic heterocycles. The van der Waals surface area contributed by atoms with Crippen LogP contribution in [0.2, 0.25) is 5.02 Å². The Balaban J connectivity index is 1.78. The van der Waals surface area contributed by atoms with Gasteiger partial charge in [0.05, 0.1) is 24.1 Å². The lowest BCUT2D eigenvalue weighted by Gasteiger charge is -2.22. The number of rotatable bonds is 4. The minimum absolute atomic E-state index is 0.00823. The number of aromatic nitrogens is 2. The maximum absolute atomic E-state index is 13.5. The van der Waals surface area contributed by atoms with Gasteiger partial charge in [0, 0.05) is 5.02 Å². The molecule has 0 spiro atoms. The topological polar surface area (TPSA) is 85.5 Å². The Labute approximate surface area is 185 Å². The molecule has 2 aromatic carbocycles. The standard InChI is InChI=1S/C22H16ClN3O4S/c1-3-16-24-25-22(31-16)26-18(11-4-7-13(29-2)8-5-11)17-19(27)14-10-12(23)6-9-15(14)30-20(17)21(26)28/h4-10,18H,3H2,1-2H3/t18-/m0/s1. The summed E-state index contributed by atoms with van der Waals surface area (Å²) >= 11 is 7.43. The summed E-state index contributed by atoms with van der Waals surface area (Å²) in [6, 6.07) is 11.3. The number of carbonyl (C=O) groups excluding carboxylic acids is 1. The molecule has 0 radical (unpaired) electrons. The van der Waals surface area contributed by atoms with Crippen LogP contribution in [0.1, 0.15) is 39.7 Å². The summed E-state index contributed by atoms with van der Waals surface area (Å²) in [6.45, 7) is 1.97. The van der Waals surface area contributed by atoms with Crippen LogP contribution in [0.5, 0.6) is 5.75 Å². The second-order valence-corrected chi connectivity index (χ2v) is 8.47. The Morgan fingerprint density at radius 1 is 1.16 bits per heavy atom. The van der Waals surface area contributed by atoms with Gasteiger partial charge in [-0.25, -0.2) is 0 Å². The number of aryl methyl sites for hydroxylation is 1. The molecule has 2 aromatic heterocycles. The van der Waals surface area contributed by atoms with Crippen LogP contribution in [0.3, 0.4) is 0 Å². The van der Waals surface area contributed by atoms with E-state index in [1.54, 1.807) is 37.4 Å². The molecule has 0 N–H and O–H groups in total. The van der Waals surface area contributed by atoms with Crippen LogP contribution in [0.25, 0.3) is 11.0 Å². The van der Waals surface area contributed by atoms with Gasteiger partial charge in [-0.2, -0.15) is 0 Å². The first-order chi connectivity index (χ1) is 15.0. The van der Waals surface area contributed by atoms with E-state index in [0.717, 1.165) is 10.6 Å². The summed E-state index contributed by atoms with van der Waals surface area (Å²) in [4.78, 5) is 28.4. The fourth-order valence-corrected chi connectivity index (χ4v) is 4.71. The molecule has 4 aromatic rings. The average molecular weight is 454 g/mol. The van der Waals surface area contributed by atoms with Crippen molar-refractivity contribution in [2.75, 3.05) is 12.0 Å². The van der Waals surface area contributed by atoms with Gasteiger partial charge in [-0.05, 0) is 42.3 Å². The second kappa shape index (κ2) is 7.47. The average Bonchev–Trinajstić information content (AvgIpc) is 3.37. The molecule has 9 heteroatoms. The molecule has 3 heterocycles. The van der Waals surface area contributed by atoms with E-state index in [-0.39, 0.29) is 16.8 Å². The third kappa shape index (κ3) is 3.10. The third-order valence-electron chi connectivity index (χ3n) is 5.23. The summed E-state index contributed by atoms with van der Waals surface area (Å²) in [5.74, 6) is 0.249. The maximum atomic E-state index is 13.5. The van der Waals surface area contributed by atoms with Crippen molar-refractivity contribution in [1.82, 2.24) is 10.2 Å². The van der Waals surface area contributed by atoms with Gasteiger partial charge in [-0.3, -0.25) is 14.5 Å². The highest BCUT2D eigenvalue weighted by atomic mass is 35.5. The zero-order valence-electron chi connectivity index (χ0n) is 16.6. The van der Waals surface area contributed by atoms with E-state index < -0.39 is 11.9 Å². The molecule has 1 amide bonds. The molecule has 31 heavy (non-hydrogen) atoms. The van der Waals surface area contributed by atoms with E-state index in [4.69, 9.17) is 20.8 Å². The van der Waals surface area contributed by atoms with Crippen LogP contribution in [-0.4, -0.2) is 23.2 Å². The molecule has 1 aliphatic rings. The van der Waals surface area contributed by atoms with E-state index in [0.29, 0.717) is 33.3 Å². The molecular formula is C22H16ClN3O4S. The molecular weight excluding hydrogens is 438 g/mol. The lowest BCUT2D eigenvalue weighted by atomic mass is 9.98.